The first-order chi connectivity index (χ1) is 11.5. The van der Waals surface area contributed by atoms with E-state index in [1.807, 2.05) is 49.1 Å². The number of nitrogens with zero attached hydrogens (tertiary/aromatic N) is 3. The van der Waals surface area contributed by atoms with Crippen LogP contribution < -0.4 is 0 Å². The minimum Gasteiger partial charge on any atom is -0.301 e. The Morgan fingerprint density at radius 1 is 1.29 bits per heavy atom. The molecule has 2 heterocycles. The van der Waals surface area contributed by atoms with E-state index in [-0.39, 0.29) is 0 Å². The molecule has 3 rings (SSSR count). The second kappa shape index (κ2) is 6.99. The molecule has 0 amide bonds. The zero-order chi connectivity index (χ0) is 17.3. The SMILES string of the molecule is CCCCC([O])Cc1c(C)nn(C)c1-n1ccc2cc(Cl)ccc21. The Bertz CT molecular complexity index is 850. The van der Waals surface area contributed by atoms with Crippen molar-refractivity contribution in [1.29, 1.82) is 0 Å². The van der Waals surface area contributed by atoms with E-state index in [1.54, 1.807) is 0 Å². The van der Waals surface area contributed by atoms with Gasteiger partial charge in [0.1, 0.15) is 5.82 Å². The third-order valence-electron chi connectivity index (χ3n) is 4.51. The Labute approximate surface area is 147 Å². The molecule has 0 aliphatic heterocycles. The summed E-state index contributed by atoms with van der Waals surface area (Å²) in [6, 6.07) is 7.89. The van der Waals surface area contributed by atoms with Crippen molar-refractivity contribution in [3.05, 3.63) is 46.7 Å². The minimum absolute atomic E-state index is 0.516. The van der Waals surface area contributed by atoms with E-state index in [0.29, 0.717) is 12.8 Å². The van der Waals surface area contributed by atoms with Crippen molar-refractivity contribution in [1.82, 2.24) is 14.3 Å². The number of aromatic nitrogens is 3. The Hall–Kier alpha value is -1.78. The average Bonchev–Trinajstić information content (AvgIpc) is 3.05. The summed E-state index contributed by atoms with van der Waals surface area (Å²) in [5, 5.41) is 18.7. The van der Waals surface area contributed by atoms with Crippen LogP contribution in [-0.2, 0) is 18.6 Å². The van der Waals surface area contributed by atoms with Gasteiger partial charge in [0, 0.05) is 35.6 Å². The fourth-order valence-electron chi connectivity index (χ4n) is 3.29. The first-order valence-corrected chi connectivity index (χ1v) is 8.84. The maximum atomic E-state index is 12.4. The Morgan fingerprint density at radius 2 is 2.08 bits per heavy atom. The summed E-state index contributed by atoms with van der Waals surface area (Å²) in [6.07, 6.45) is 4.71. The standard InChI is InChI=1S/C19H23ClN3O/c1-4-5-6-16(24)12-17-13(2)21-22(3)19(17)23-10-9-14-11-15(20)7-8-18(14)23/h7-11,16H,4-6,12H2,1-3H3. The molecule has 0 N–H and O–H groups in total. The molecule has 1 aromatic carbocycles. The molecule has 1 radical (unpaired) electrons. The average molecular weight is 345 g/mol. The lowest BCUT2D eigenvalue weighted by molar-refractivity contribution is 0.0794. The van der Waals surface area contributed by atoms with Crippen molar-refractivity contribution in [2.45, 2.75) is 45.6 Å². The number of unbranched alkanes of at least 4 members (excludes halogenated alkanes) is 1. The number of hydrogen-bond acceptors (Lipinski definition) is 1. The van der Waals surface area contributed by atoms with Crippen LogP contribution in [0.1, 0.15) is 37.4 Å². The Balaban J connectivity index is 2.03. The maximum Gasteiger partial charge on any atom is 0.138 e. The lowest BCUT2D eigenvalue weighted by Crippen LogP contribution is -2.12. The summed E-state index contributed by atoms with van der Waals surface area (Å²) in [5.74, 6) is 0.974. The van der Waals surface area contributed by atoms with Crippen LogP contribution in [0.15, 0.2) is 30.5 Å². The second-order valence-corrected chi connectivity index (χ2v) is 6.80. The fourth-order valence-corrected chi connectivity index (χ4v) is 3.47. The van der Waals surface area contributed by atoms with Crippen LogP contribution in [0.4, 0.5) is 0 Å². The van der Waals surface area contributed by atoms with Gasteiger partial charge in [-0.1, -0.05) is 31.4 Å². The van der Waals surface area contributed by atoms with E-state index in [2.05, 4.69) is 16.6 Å². The fraction of sp³-hybridized carbons (Fsp3) is 0.421. The van der Waals surface area contributed by atoms with Crippen molar-refractivity contribution in [3.8, 4) is 5.82 Å². The van der Waals surface area contributed by atoms with Crippen molar-refractivity contribution < 1.29 is 5.11 Å². The van der Waals surface area contributed by atoms with Crippen LogP contribution in [0.5, 0.6) is 0 Å². The van der Waals surface area contributed by atoms with Gasteiger partial charge in [-0.15, -0.1) is 0 Å². The normalized spacial score (nSPS) is 12.9. The van der Waals surface area contributed by atoms with E-state index in [4.69, 9.17) is 11.6 Å². The molecular weight excluding hydrogens is 322 g/mol. The first kappa shape index (κ1) is 17.1. The van der Waals surface area contributed by atoms with Gasteiger partial charge in [0.25, 0.3) is 0 Å². The molecule has 127 valence electrons. The van der Waals surface area contributed by atoms with Gasteiger partial charge in [-0.2, -0.15) is 5.10 Å². The predicted octanol–water partition coefficient (Wildman–Crippen LogP) is 4.86. The number of benzene rings is 1. The van der Waals surface area contributed by atoms with E-state index >= 15 is 0 Å². The monoisotopic (exact) mass is 344 g/mol. The second-order valence-electron chi connectivity index (χ2n) is 6.37. The predicted molar refractivity (Wildman–Crippen MR) is 97.5 cm³/mol. The third kappa shape index (κ3) is 3.21. The summed E-state index contributed by atoms with van der Waals surface area (Å²) in [6.45, 7) is 4.10. The molecular formula is C19H23ClN3O. The highest BCUT2D eigenvalue weighted by atomic mass is 35.5. The molecule has 0 spiro atoms. The largest absolute Gasteiger partial charge is 0.301 e. The van der Waals surface area contributed by atoms with Gasteiger partial charge < -0.3 is 4.57 Å². The highest BCUT2D eigenvalue weighted by molar-refractivity contribution is 6.31. The Morgan fingerprint density at radius 3 is 2.83 bits per heavy atom. The summed E-state index contributed by atoms with van der Waals surface area (Å²) in [7, 11) is 1.93. The molecule has 2 aromatic heterocycles. The zero-order valence-electron chi connectivity index (χ0n) is 14.4. The quantitative estimate of drug-likeness (QED) is 0.629. The van der Waals surface area contributed by atoms with Gasteiger partial charge in [-0.25, -0.2) is 5.11 Å². The molecule has 0 aliphatic rings. The van der Waals surface area contributed by atoms with Crippen LogP contribution >= 0.6 is 11.6 Å². The molecule has 5 heteroatoms. The van der Waals surface area contributed by atoms with Crippen LogP contribution in [-0.4, -0.2) is 20.5 Å². The van der Waals surface area contributed by atoms with E-state index in [0.717, 1.165) is 45.8 Å². The third-order valence-corrected chi connectivity index (χ3v) is 4.74. The molecule has 0 aliphatic carbocycles. The van der Waals surface area contributed by atoms with E-state index in [1.165, 1.54) is 0 Å². The molecule has 4 nitrogen and oxygen atoms in total. The van der Waals surface area contributed by atoms with Crippen LogP contribution in [0, 0.1) is 6.92 Å². The molecule has 3 aromatic rings. The highest BCUT2D eigenvalue weighted by Crippen LogP contribution is 2.27. The van der Waals surface area contributed by atoms with Gasteiger partial charge >= 0.3 is 0 Å². The maximum absolute atomic E-state index is 12.4. The molecule has 0 saturated carbocycles. The van der Waals surface area contributed by atoms with Crippen molar-refractivity contribution in [2.75, 3.05) is 0 Å². The van der Waals surface area contributed by atoms with Crippen molar-refractivity contribution >= 4 is 22.5 Å². The highest BCUT2D eigenvalue weighted by Gasteiger charge is 2.20. The lowest BCUT2D eigenvalue weighted by Gasteiger charge is -2.12. The smallest absolute Gasteiger partial charge is 0.138 e. The van der Waals surface area contributed by atoms with Crippen molar-refractivity contribution in [3.63, 3.8) is 0 Å². The van der Waals surface area contributed by atoms with Gasteiger partial charge in [0.2, 0.25) is 0 Å². The summed E-state index contributed by atoms with van der Waals surface area (Å²) in [5.41, 5.74) is 3.04. The number of halogens is 1. The van der Waals surface area contributed by atoms with Crippen LogP contribution in [0.2, 0.25) is 5.02 Å². The number of aryl methyl sites for hydroxylation is 2. The van der Waals surface area contributed by atoms with Gasteiger partial charge in [-0.3, -0.25) is 4.68 Å². The topological polar surface area (TPSA) is 42.6 Å². The summed E-state index contributed by atoms with van der Waals surface area (Å²) in [4.78, 5) is 0. The van der Waals surface area contributed by atoms with Crippen LogP contribution in [0.3, 0.4) is 0 Å². The summed E-state index contributed by atoms with van der Waals surface area (Å²) < 4.78 is 3.97. The van der Waals surface area contributed by atoms with Crippen molar-refractivity contribution in [2.24, 2.45) is 7.05 Å². The first-order valence-electron chi connectivity index (χ1n) is 8.46. The number of rotatable bonds is 6. The number of hydrogen-bond donors (Lipinski definition) is 0. The van der Waals surface area contributed by atoms with Gasteiger partial charge in [0.15, 0.2) is 0 Å². The van der Waals surface area contributed by atoms with Gasteiger partial charge in [-0.05, 0) is 37.6 Å². The molecule has 0 bridgehead atoms. The van der Waals surface area contributed by atoms with E-state index < -0.39 is 6.10 Å². The van der Waals surface area contributed by atoms with E-state index in [9.17, 15) is 5.11 Å². The minimum atomic E-state index is -0.581. The molecule has 1 unspecified atom stereocenters. The molecule has 0 fully saturated rings. The zero-order valence-corrected chi connectivity index (χ0v) is 15.2. The van der Waals surface area contributed by atoms with Gasteiger partial charge in [0.05, 0.1) is 17.3 Å². The Kier molecular flexibility index (Phi) is 4.97. The number of fused-ring (bicyclic) bond motifs is 1. The van der Waals surface area contributed by atoms with Crippen LogP contribution in [0.25, 0.3) is 16.7 Å². The summed E-state index contributed by atoms with van der Waals surface area (Å²) >= 11 is 6.09. The molecule has 1 atom stereocenters. The molecule has 24 heavy (non-hydrogen) atoms. The molecule has 0 saturated heterocycles. The lowest BCUT2D eigenvalue weighted by atomic mass is 10.0.